The smallest absolute Gasteiger partial charge is 0.269 e. The van der Waals surface area contributed by atoms with Crippen LogP contribution < -0.4 is 20.3 Å². The molecule has 0 aliphatic rings. The van der Waals surface area contributed by atoms with Crippen LogP contribution in [0.5, 0.6) is 17.4 Å². The van der Waals surface area contributed by atoms with E-state index in [0.29, 0.717) is 17.1 Å². The van der Waals surface area contributed by atoms with Crippen LogP contribution in [0, 0.1) is 11.3 Å². The molecule has 1 aromatic carbocycles. The zero-order chi connectivity index (χ0) is 21.5. The van der Waals surface area contributed by atoms with Crippen molar-refractivity contribution in [3.63, 3.8) is 0 Å². The summed E-state index contributed by atoms with van der Waals surface area (Å²) in [6, 6.07) is 13.7. The van der Waals surface area contributed by atoms with E-state index in [0.717, 1.165) is 6.08 Å². The van der Waals surface area contributed by atoms with Crippen molar-refractivity contribution in [2.24, 2.45) is 0 Å². The molecule has 3 rings (SSSR count). The van der Waals surface area contributed by atoms with E-state index in [4.69, 9.17) is 9.47 Å². The van der Waals surface area contributed by atoms with Gasteiger partial charge in [0.2, 0.25) is 5.88 Å². The monoisotopic (exact) mass is 402 g/mol. The van der Waals surface area contributed by atoms with Gasteiger partial charge in [-0.1, -0.05) is 24.3 Å². The summed E-state index contributed by atoms with van der Waals surface area (Å²) in [6.07, 6.45) is 4.19. The molecular weight excluding hydrogens is 384 g/mol. The van der Waals surface area contributed by atoms with Gasteiger partial charge in [-0.25, -0.2) is 0 Å². The van der Waals surface area contributed by atoms with Crippen molar-refractivity contribution in [3.05, 3.63) is 82.8 Å². The van der Waals surface area contributed by atoms with Gasteiger partial charge < -0.3 is 14.8 Å². The summed E-state index contributed by atoms with van der Waals surface area (Å²) in [6.45, 7) is 3.69. The fourth-order valence-electron chi connectivity index (χ4n) is 2.64. The molecule has 0 bridgehead atoms. The van der Waals surface area contributed by atoms with Crippen LogP contribution in [-0.4, -0.2) is 28.9 Å². The van der Waals surface area contributed by atoms with Gasteiger partial charge in [-0.05, 0) is 30.3 Å². The Hall–Kier alpha value is -4.38. The normalized spacial score (nSPS) is 10.9. The third-order valence-corrected chi connectivity index (χ3v) is 4.07. The Morgan fingerprint density at radius 1 is 1.27 bits per heavy atom. The maximum atomic E-state index is 13.1. The number of fused-ring (bicyclic) bond motifs is 1. The average molecular weight is 402 g/mol. The van der Waals surface area contributed by atoms with Gasteiger partial charge in [-0.15, -0.1) is 6.58 Å². The molecule has 1 N–H and O–H groups in total. The first-order valence-electron chi connectivity index (χ1n) is 8.92. The first-order chi connectivity index (χ1) is 14.6. The minimum absolute atomic E-state index is 0.0464. The van der Waals surface area contributed by atoms with E-state index < -0.39 is 11.5 Å². The molecular formula is C22H18N4O4. The fraction of sp³-hybridized carbons (Fsp3) is 0.0909. The van der Waals surface area contributed by atoms with Gasteiger partial charge >= 0.3 is 0 Å². The predicted molar refractivity (Wildman–Crippen MR) is 111 cm³/mol. The number of amides is 1. The number of pyridine rings is 1. The Kier molecular flexibility index (Phi) is 6.25. The summed E-state index contributed by atoms with van der Waals surface area (Å²) in [4.78, 5) is 29.7. The molecule has 8 heteroatoms. The van der Waals surface area contributed by atoms with Crippen LogP contribution >= 0.6 is 0 Å². The van der Waals surface area contributed by atoms with E-state index in [2.05, 4.69) is 16.9 Å². The molecule has 2 aromatic heterocycles. The Morgan fingerprint density at radius 3 is 2.70 bits per heavy atom. The van der Waals surface area contributed by atoms with Crippen molar-refractivity contribution in [1.29, 1.82) is 5.26 Å². The number of hydrogen-bond acceptors (Lipinski definition) is 6. The Balaban J connectivity index is 2.19. The summed E-state index contributed by atoms with van der Waals surface area (Å²) >= 11 is 0. The number of hydrogen-bond donors (Lipinski definition) is 1. The highest BCUT2D eigenvalue weighted by Gasteiger charge is 2.18. The van der Waals surface area contributed by atoms with E-state index >= 15 is 0 Å². The van der Waals surface area contributed by atoms with Crippen molar-refractivity contribution in [2.45, 2.75) is 0 Å². The molecule has 0 spiro atoms. The Labute approximate surface area is 172 Å². The standard InChI is InChI=1S/C22H18N4O4/c1-3-11-24-20(27)15(14-23)13-16-21(30-18-9-5-4-8-17(18)29-2)25-19-10-6-7-12-26(19)22(16)28/h3-10,12-13H,1,11H2,2H3,(H,24,27). The fourth-order valence-corrected chi connectivity index (χ4v) is 2.64. The molecule has 0 aliphatic carbocycles. The lowest BCUT2D eigenvalue weighted by atomic mass is 10.1. The molecule has 0 saturated carbocycles. The molecule has 0 radical (unpaired) electrons. The summed E-state index contributed by atoms with van der Waals surface area (Å²) in [5.74, 6) is 0.0707. The third-order valence-electron chi connectivity index (χ3n) is 4.07. The molecule has 0 aliphatic heterocycles. The molecule has 1 amide bonds. The van der Waals surface area contributed by atoms with E-state index in [1.165, 1.54) is 17.6 Å². The first-order valence-corrected chi connectivity index (χ1v) is 8.92. The van der Waals surface area contributed by atoms with Crippen molar-refractivity contribution >= 4 is 17.6 Å². The molecule has 8 nitrogen and oxygen atoms in total. The second-order valence-corrected chi connectivity index (χ2v) is 5.99. The van der Waals surface area contributed by atoms with Crippen molar-refractivity contribution in [2.75, 3.05) is 13.7 Å². The largest absolute Gasteiger partial charge is 0.493 e. The SMILES string of the molecule is C=CCNC(=O)C(C#N)=Cc1c(Oc2ccccc2OC)nc2ccccn2c1=O. The van der Waals surface area contributed by atoms with Crippen LogP contribution in [0.3, 0.4) is 0 Å². The van der Waals surface area contributed by atoms with Crippen LogP contribution in [0.15, 0.2) is 71.7 Å². The molecule has 0 unspecified atom stereocenters. The topological polar surface area (TPSA) is 106 Å². The minimum atomic E-state index is -0.641. The summed E-state index contributed by atoms with van der Waals surface area (Å²) < 4.78 is 12.5. The van der Waals surface area contributed by atoms with E-state index in [9.17, 15) is 14.9 Å². The van der Waals surface area contributed by atoms with Gasteiger partial charge in [0, 0.05) is 12.7 Å². The summed E-state index contributed by atoms with van der Waals surface area (Å²) in [5, 5.41) is 11.9. The molecule has 150 valence electrons. The van der Waals surface area contributed by atoms with E-state index in [1.54, 1.807) is 54.7 Å². The zero-order valence-electron chi connectivity index (χ0n) is 16.2. The summed E-state index contributed by atoms with van der Waals surface area (Å²) in [5.41, 5.74) is -0.458. The number of carbonyl (C=O) groups is 1. The van der Waals surface area contributed by atoms with Crippen LogP contribution in [0.2, 0.25) is 0 Å². The van der Waals surface area contributed by atoms with Crippen molar-refractivity contribution in [1.82, 2.24) is 14.7 Å². The highest BCUT2D eigenvalue weighted by atomic mass is 16.5. The van der Waals surface area contributed by atoms with Crippen LogP contribution in [0.4, 0.5) is 0 Å². The number of nitrogens with zero attached hydrogens (tertiary/aromatic N) is 3. The third kappa shape index (κ3) is 4.20. The van der Waals surface area contributed by atoms with Crippen LogP contribution in [0.25, 0.3) is 11.7 Å². The number of methoxy groups -OCH3 is 1. The quantitative estimate of drug-likeness (QED) is 0.370. The predicted octanol–water partition coefficient (Wildman–Crippen LogP) is 2.70. The molecule has 30 heavy (non-hydrogen) atoms. The van der Waals surface area contributed by atoms with Crippen molar-refractivity contribution < 1.29 is 14.3 Å². The lowest BCUT2D eigenvalue weighted by Crippen LogP contribution is -2.25. The number of nitrogens with one attached hydrogen (secondary N) is 1. The second kappa shape index (κ2) is 9.21. The highest BCUT2D eigenvalue weighted by Crippen LogP contribution is 2.31. The van der Waals surface area contributed by atoms with Crippen molar-refractivity contribution in [3.8, 4) is 23.4 Å². The zero-order valence-corrected chi connectivity index (χ0v) is 16.2. The van der Waals surface area contributed by atoms with Crippen LogP contribution in [-0.2, 0) is 4.79 Å². The lowest BCUT2D eigenvalue weighted by Gasteiger charge is -2.12. The minimum Gasteiger partial charge on any atom is -0.493 e. The number of rotatable bonds is 7. The maximum Gasteiger partial charge on any atom is 0.269 e. The number of benzene rings is 1. The number of nitriles is 1. The van der Waals surface area contributed by atoms with E-state index in [1.807, 2.05) is 0 Å². The second-order valence-electron chi connectivity index (χ2n) is 5.99. The average Bonchev–Trinajstić information content (AvgIpc) is 2.77. The highest BCUT2D eigenvalue weighted by molar-refractivity contribution is 6.02. The number of aromatic nitrogens is 2. The lowest BCUT2D eigenvalue weighted by molar-refractivity contribution is -0.116. The van der Waals surface area contributed by atoms with Gasteiger partial charge in [0.05, 0.1) is 7.11 Å². The van der Waals surface area contributed by atoms with Crippen LogP contribution in [0.1, 0.15) is 5.56 Å². The molecule has 0 saturated heterocycles. The summed E-state index contributed by atoms with van der Waals surface area (Å²) in [7, 11) is 1.49. The van der Waals surface area contributed by atoms with E-state index in [-0.39, 0.29) is 23.6 Å². The Bertz CT molecular complexity index is 1240. The van der Waals surface area contributed by atoms with Gasteiger partial charge in [0.1, 0.15) is 22.9 Å². The van der Waals surface area contributed by atoms with Gasteiger partial charge in [-0.3, -0.25) is 14.0 Å². The molecule has 3 aromatic rings. The molecule has 0 atom stereocenters. The number of carbonyl (C=O) groups excluding carboxylic acids is 1. The molecule has 0 fully saturated rings. The Morgan fingerprint density at radius 2 is 2.00 bits per heavy atom. The number of ether oxygens (including phenoxy) is 2. The first kappa shape index (κ1) is 20.4. The maximum absolute atomic E-state index is 13.1. The number of para-hydroxylation sites is 2. The van der Waals surface area contributed by atoms with Gasteiger partial charge in [0.25, 0.3) is 11.5 Å². The molecule has 2 heterocycles. The van der Waals surface area contributed by atoms with Gasteiger partial charge in [-0.2, -0.15) is 10.2 Å². The van der Waals surface area contributed by atoms with Gasteiger partial charge in [0.15, 0.2) is 11.5 Å².